The average molecular weight is 447 g/mol. The van der Waals surface area contributed by atoms with Crippen LogP contribution in [0.5, 0.6) is 11.5 Å². The number of benzene rings is 2. The molecule has 30 heavy (non-hydrogen) atoms. The van der Waals surface area contributed by atoms with Crippen LogP contribution < -0.4 is 10.1 Å². The Bertz CT molecular complexity index is 875. The van der Waals surface area contributed by atoms with E-state index in [0.717, 1.165) is 50.2 Å². The van der Waals surface area contributed by atoms with Crippen molar-refractivity contribution >= 4 is 34.8 Å². The minimum atomic E-state index is 0.251. The fraction of sp³-hybridized carbons (Fsp3) is 0.458. The van der Waals surface area contributed by atoms with Crippen LogP contribution in [0.25, 0.3) is 0 Å². The number of rotatable bonds is 5. The molecule has 0 radical (unpaired) electrons. The molecule has 6 heteroatoms. The molecule has 1 saturated heterocycles. The maximum atomic E-state index is 12.8. The van der Waals surface area contributed by atoms with Gasteiger partial charge in [-0.3, -0.25) is 4.79 Å². The van der Waals surface area contributed by atoms with E-state index < -0.39 is 0 Å². The normalized spacial score (nSPS) is 18.3. The maximum Gasteiger partial charge on any atom is 0.225 e. The molecule has 0 unspecified atom stereocenters. The van der Waals surface area contributed by atoms with Crippen molar-refractivity contribution in [1.29, 1.82) is 0 Å². The summed E-state index contributed by atoms with van der Waals surface area (Å²) < 4.78 is 6.06. The first kappa shape index (κ1) is 21.3. The lowest BCUT2D eigenvalue weighted by Crippen LogP contribution is -2.45. The van der Waals surface area contributed by atoms with Gasteiger partial charge in [0.05, 0.1) is 10.7 Å². The molecule has 1 aliphatic carbocycles. The lowest BCUT2D eigenvalue weighted by molar-refractivity contribution is -0.137. The molecular weight excluding hydrogens is 419 g/mol. The van der Waals surface area contributed by atoms with Crippen LogP contribution in [0.2, 0.25) is 10.0 Å². The van der Waals surface area contributed by atoms with Gasteiger partial charge in [-0.05, 0) is 56.0 Å². The number of para-hydroxylation sites is 2. The number of nitrogens with one attached hydrogen (secondary N) is 1. The molecule has 1 N–H and O–H groups in total. The second-order valence-corrected chi connectivity index (χ2v) is 9.10. The van der Waals surface area contributed by atoms with Crippen LogP contribution in [0.15, 0.2) is 42.5 Å². The molecule has 1 heterocycles. The zero-order valence-electron chi connectivity index (χ0n) is 17.1. The molecule has 2 aromatic carbocycles. The first-order valence-corrected chi connectivity index (χ1v) is 11.6. The van der Waals surface area contributed by atoms with Crippen molar-refractivity contribution in [2.45, 2.75) is 51.0 Å². The van der Waals surface area contributed by atoms with Crippen LogP contribution in [-0.4, -0.2) is 29.9 Å². The number of nitrogens with zero attached hydrogens (tertiary/aromatic N) is 1. The molecular formula is C24H28Cl2N2O2. The van der Waals surface area contributed by atoms with Gasteiger partial charge in [0, 0.05) is 30.1 Å². The number of halogens is 2. The Labute approximate surface area is 188 Å². The number of amides is 1. The summed E-state index contributed by atoms with van der Waals surface area (Å²) in [7, 11) is 0. The summed E-state index contributed by atoms with van der Waals surface area (Å²) in [6.07, 6.45) is 7.68. The van der Waals surface area contributed by atoms with E-state index in [4.69, 9.17) is 27.9 Å². The smallest absolute Gasteiger partial charge is 0.225 e. The molecule has 0 aromatic heterocycles. The zero-order chi connectivity index (χ0) is 20.9. The third-order valence-corrected chi connectivity index (χ3v) is 6.65. The Balaban J connectivity index is 1.36. The number of piperidine rings is 1. The number of hydrogen-bond acceptors (Lipinski definition) is 3. The maximum absolute atomic E-state index is 12.8. The molecule has 2 aromatic rings. The number of carbonyl (C=O) groups excluding carboxylic acids is 1. The van der Waals surface area contributed by atoms with Crippen molar-refractivity contribution in [2.24, 2.45) is 5.92 Å². The van der Waals surface area contributed by atoms with E-state index in [1.165, 1.54) is 19.3 Å². The molecule has 1 saturated carbocycles. The van der Waals surface area contributed by atoms with E-state index in [9.17, 15) is 4.79 Å². The fourth-order valence-electron chi connectivity index (χ4n) is 4.42. The minimum absolute atomic E-state index is 0.251. The van der Waals surface area contributed by atoms with Crippen LogP contribution in [-0.2, 0) is 4.79 Å². The SMILES string of the molecule is O=C(C1CCCCC1)N1CCC(Nc2ccccc2Oc2ccc(Cl)cc2Cl)CC1. The molecule has 0 bridgehead atoms. The van der Waals surface area contributed by atoms with Crippen LogP contribution in [0.3, 0.4) is 0 Å². The summed E-state index contributed by atoms with van der Waals surface area (Å²) in [6.45, 7) is 1.64. The number of carbonyl (C=O) groups is 1. The van der Waals surface area contributed by atoms with Crippen molar-refractivity contribution < 1.29 is 9.53 Å². The van der Waals surface area contributed by atoms with Crippen molar-refractivity contribution in [1.82, 2.24) is 4.90 Å². The Morgan fingerprint density at radius 2 is 1.67 bits per heavy atom. The highest BCUT2D eigenvalue weighted by atomic mass is 35.5. The number of likely N-dealkylation sites (tertiary alicyclic amines) is 1. The third-order valence-electron chi connectivity index (χ3n) is 6.12. The molecule has 0 spiro atoms. The first-order chi connectivity index (χ1) is 14.6. The number of anilines is 1. The minimum Gasteiger partial charge on any atom is -0.454 e. The van der Waals surface area contributed by atoms with E-state index in [2.05, 4.69) is 10.2 Å². The average Bonchev–Trinajstić information content (AvgIpc) is 2.77. The predicted octanol–water partition coefficient (Wildman–Crippen LogP) is 6.77. The highest BCUT2D eigenvalue weighted by Gasteiger charge is 2.29. The van der Waals surface area contributed by atoms with E-state index >= 15 is 0 Å². The van der Waals surface area contributed by atoms with Gasteiger partial charge in [0.1, 0.15) is 5.75 Å². The number of ether oxygens (including phenoxy) is 1. The number of hydrogen-bond donors (Lipinski definition) is 1. The molecule has 160 valence electrons. The van der Waals surface area contributed by atoms with Gasteiger partial charge in [-0.25, -0.2) is 0 Å². The molecule has 4 nitrogen and oxygen atoms in total. The summed E-state index contributed by atoms with van der Waals surface area (Å²) >= 11 is 12.2. The van der Waals surface area contributed by atoms with Gasteiger partial charge < -0.3 is 15.0 Å². The Kier molecular flexibility index (Phi) is 7.06. The lowest BCUT2D eigenvalue weighted by Gasteiger charge is -2.36. The van der Waals surface area contributed by atoms with Crippen molar-refractivity contribution in [3.8, 4) is 11.5 Å². The van der Waals surface area contributed by atoms with Gasteiger partial charge in [0.2, 0.25) is 5.91 Å². The molecule has 0 atom stereocenters. The summed E-state index contributed by atoms with van der Waals surface area (Å²) in [5.41, 5.74) is 0.931. The largest absolute Gasteiger partial charge is 0.454 e. The van der Waals surface area contributed by atoms with Gasteiger partial charge in [0.25, 0.3) is 0 Å². The molecule has 4 rings (SSSR count). The van der Waals surface area contributed by atoms with Gasteiger partial charge in [-0.2, -0.15) is 0 Å². The predicted molar refractivity (Wildman–Crippen MR) is 123 cm³/mol. The topological polar surface area (TPSA) is 41.6 Å². The summed E-state index contributed by atoms with van der Waals surface area (Å²) in [4.78, 5) is 14.9. The molecule has 2 fully saturated rings. The first-order valence-electron chi connectivity index (χ1n) is 10.9. The molecule has 2 aliphatic rings. The second-order valence-electron chi connectivity index (χ2n) is 8.25. The Morgan fingerprint density at radius 1 is 0.933 bits per heavy atom. The summed E-state index contributed by atoms with van der Waals surface area (Å²) in [6, 6.07) is 13.4. The zero-order valence-corrected chi connectivity index (χ0v) is 18.6. The van der Waals surface area contributed by atoms with Crippen LogP contribution in [0, 0.1) is 5.92 Å². The molecule has 1 aliphatic heterocycles. The summed E-state index contributed by atoms with van der Waals surface area (Å²) in [5.74, 6) is 1.92. The van der Waals surface area contributed by atoms with Crippen LogP contribution in [0.1, 0.15) is 44.9 Å². The van der Waals surface area contributed by atoms with Crippen molar-refractivity contribution in [3.63, 3.8) is 0 Å². The van der Waals surface area contributed by atoms with E-state index in [0.29, 0.717) is 27.7 Å². The van der Waals surface area contributed by atoms with Gasteiger partial charge >= 0.3 is 0 Å². The molecule has 1 amide bonds. The second kappa shape index (κ2) is 9.93. The van der Waals surface area contributed by atoms with Crippen LogP contribution >= 0.6 is 23.2 Å². The van der Waals surface area contributed by atoms with Gasteiger partial charge in [-0.1, -0.05) is 54.6 Å². The fourth-order valence-corrected chi connectivity index (χ4v) is 4.87. The van der Waals surface area contributed by atoms with E-state index in [1.54, 1.807) is 18.2 Å². The highest BCUT2D eigenvalue weighted by Crippen LogP contribution is 2.36. The van der Waals surface area contributed by atoms with Crippen molar-refractivity contribution in [2.75, 3.05) is 18.4 Å². The quantitative estimate of drug-likeness (QED) is 0.550. The monoisotopic (exact) mass is 446 g/mol. The highest BCUT2D eigenvalue weighted by molar-refractivity contribution is 6.35. The standard InChI is InChI=1S/C24H28Cl2N2O2/c25-18-10-11-22(20(26)16-18)30-23-9-5-4-8-21(23)27-19-12-14-28(15-13-19)24(29)17-6-2-1-3-7-17/h4-5,8-11,16-17,19,27H,1-3,6-7,12-15H2. The lowest BCUT2D eigenvalue weighted by atomic mass is 9.87. The van der Waals surface area contributed by atoms with Crippen LogP contribution in [0.4, 0.5) is 5.69 Å². The van der Waals surface area contributed by atoms with E-state index in [-0.39, 0.29) is 5.92 Å². The van der Waals surface area contributed by atoms with E-state index in [1.807, 2.05) is 24.3 Å². The Morgan fingerprint density at radius 3 is 2.40 bits per heavy atom. The van der Waals surface area contributed by atoms with Gasteiger partial charge in [-0.15, -0.1) is 0 Å². The van der Waals surface area contributed by atoms with Gasteiger partial charge in [0.15, 0.2) is 5.75 Å². The summed E-state index contributed by atoms with van der Waals surface area (Å²) in [5, 5.41) is 4.66. The Hall–Kier alpha value is -1.91. The third kappa shape index (κ3) is 5.22. The van der Waals surface area contributed by atoms with Crippen molar-refractivity contribution in [3.05, 3.63) is 52.5 Å².